The minimum Gasteiger partial charge on any atom is -0.462 e. The van der Waals surface area contributed by atoms with Gasteiger partial charge in [-0.05, 0) is 83.5 Å². The van der Waals surface area contributed by atoms with Gasteiger partial charge in [-0.3, -0.25) is 18.6 Å². The summed E-state index contributed by atoms with van der Waals surface area (Å²) in [5, 5.41) is 20.3. The molecule has 0 aromatic rings. The molecule has 0 saturated heterocycles. The molecule has 4 atom stereocenters. The van der Waals surface area contributed by atoms with Gasteiger partial charge < -0.3 is 29.1 Å². The summed E-state index contributed by atoms with van der Waals surface area (Å²) in [6.45, 7) is 3.89. The van der Waals surface area contributed by atoms with Gasteiger partial charge in [0.2, 0.25) is 0 Å². The summed E-state index contributed by atoms with van der Waals surface area (Å²) in [6.07, 6.45) is 47.7. The molecule has 0 spiro atoms. The number of rotatable bonds is 39. The lowest BCUT2D eigenvalue weighted by atomic mass is 10.1. The van der Waals surface area contributed by atoms with Gasteiger partial charge in [-0.2, -0.15) is 0 Å². The molecule has 0 aliphatic rings. The molecule has 0 amide bonds. The van der Waals surface area contributed by atoms with Crippen LogP contribution in [-0.4, -0.2) is 97.3 Å². The van der Waals surface area contributed by atoms with Gasteiger partial charge in [0.05, 0.1) is 40.0 Å². The lowest BCUT2D eigenvalue weighted by molar-refractivity contribution is -0.870. The molecule has 352 valence electrons. The molecule has 0 aliphatic carbocycles. The minimum absolute atomic E-state index is 0.0144. The average molecular weight is 889 g/mol. The molecule has 0 saturated carbocycles. The summed E-state index contributed by atoms with van der Waals surface area (Å²) in [4.78, 5) is 35.4. The second-order valence-corrected chi connectivity index (χ2v) is 17.6. The molecule has 11 nitrogen and oxygen atoms in total. The van der Waals surface area contributed by atoms with Crippen molar-refractivity contribution < 1.29 is 52.3 Å². The van der Waals surface area contributed by atoms with Crippen LogP contribution in [0.2, 0.25) is 0 Å². The van der Waals surface area contributed by atoms with Crippen LogP contribution in [0.25, 0.3) is 0 Å². The third-order valence-electron chi connectivity index (χ3n) is 8.98. The van der Waals surface area contributed by atoms with E-state index >= 15 is 0 Å². The van der Waals surface area contributed by atoms with E-state index in [2.05, 4.69) is 80.7 Å². The number of allylic oxidation sites excluding steroid dienone is 15. The number of hydrogen-bond acceptors (Lipinski definition) is 9. The first kappa shape index (κ1) is 58.6. The monoisotopic (exact) mass is 889 g/mol. The molecular weight excluding hydrogens is 806 g/mol. The Bertz CT molecular complexity index is 1450. The molecular formula is C50H83NO10P+. The van der Waals surface area contributed by atoms with Crippen molar-refractivity contribution in [3.8, 4) is 0 Å². The summed E-state index contributed by atoms with van der Waals surface area (Å²) >= 11 is 0. The molecule has 0 aromatic heterocycles. The summed E-state index contributed by atoms with van der Waals surface area (Å²) < 4.78 is 34.1. The highest BCUT2D eigenvalue weighted by Crippen LogP contribution is 2.43. The lowest BCUT2D eigenvalue weighted by Crippen LogP contribution is -2.37. The summed E-state index contributed by atoms with van der Waals surface area (Å²) in [5.41, 5.74) is 0. The molecule has 62 heavy (non-hydrogen) atoms. The van der Waals surface area contributed by atoms with Gasteiger partial charge in [0.15, 0.2) is 6.10 Å². The van der Waals surface area contributed by atoms with E-state index in [0.717, 1.165) is 57.8 Å². The van der Waals surface area contributed by atoms with Crippen molar-refractivity contribution in [1.82, 2.24) is 0 Å². The number of phosphoric ester groups is 1. The van der Waals surface area contributed by atoms with Gasteiger partial charge in [-0.15, -0.1) is 0 Å². The van der Waals surface area contributed by atoms with Gasteiger partial charge in [0.1, 0.15) is 19.8 Å². The van der Waals surface area contributed by atoms with Gasteiger partial charge in [-0.25, -0.2) is 4.57 Å². The van der Waals surface area contributed by atoms with E-state index in [1.165, 1.54) is 19.3 Å². The van der Waals surface area contributed by atoms with Crippen molar-refractivity contribution in [1.29, 1.82) is 0 Å². The molecule has 0 aliphatic heterocycles. The quantitative estimate of drug-likeness (QED) is 0.0136. The molecule has 0 fully saturated rings. The number of phosphoric acid groups is 1. The predicted octanol–water partition coefficient (Wildman–Crippen LogP) is 11.1. The number of aliphatic hydroxyl groups is 2. The van der Waals surface area contributed by atoms with Gasteiger partial charge in [0.25, 0.3) is 0 Å². The van der Waals surface area contributed by atoms with Crippen LogP contribution in [-0.2, 0) is 32.7 Å². The molecule has 12 heteroatoms. The van der Waals surface area contributed by atoms with Crippen molar-refractivity contribution in [2.75, 3.05) is 47.5 Å². The highest BCUT2D eigenvalue weighted by atomic mass is 31.2. The van der Waals surface area contributed by atoms with Crippen LogP contribution >= 0.6 is 7.82 Å². The zero-order chi connectivity index (χ0) is 46.0. The fourth-order valence-corrected chi connectivity index (χ4v) is 6.09. The van der Waals surface area contributed by atoms with Crippen LogP contribution in [0.3, 0.4) is 0 Å². The average Bonchev–Trinajstić information content (AvgIpc) is 3.21. The Balaban J connectivity index is 4.68. The number of unbranched alkanes of at least 4 members (excludes halogenated alkanes) is 6. The Morgan fingerprint density at radius 2 is 1.16 bits per heavy atom. The van der Waals surface area contributed by atoms with Gasteiger partial charge in [-0.1, -0.05) is 142 Å². The van der Waals surface area contributed by atoms with Crippen LogP contribution in [0.4, 0.5) is 0 Å². The van der Waals surface area contributed by atoms with Crippen molar-refractivity contribution in [3.63, 3.8) is 0 Å². The van der Waals surface area contributed by atoms with E-state index in [1.807, 2.05) is 27.2 Å². The zero-order valence-corrected chi connectivity index (χ0v) is 39.7. The largest absolute Gasteiger partial charge is 0.472 e. The Kier molecular flexibility index (Phi) is 38.1. The fourth-order valence-electron chi connectivity index (χ4n) is 5.35. The second-order valence-electron chi connectivity index (χ2n) is 16.1. The van der Waals surface area contributed by atoms with Crippen molar-refractivity contribution >= 4 is 19.8 Å². The number of nitrogens with zero attached hydrogens (tertiary/aromatic N) is 1. The zero-order valence-electron chi connectivity index (χ0n) is 38.8. The maximum Gasteiger partial charge on any atom is 0.472 e. The number of hydrogen-bond donors (Lipinski definition) is 3. The number of quaternary nitrogens is 1. The highest BCUT2D eigenvalue weighted by Gasteiger charge is 2.27. The van der Waals surface area contributed by atoms with E-state index in [-0.39, 0.29) is 26.1 Å². The Morgan fingerprint density at radius 3 is 1.76 bits per heavy atom. The minimum atomic E-state index is -4.45. The summed E-state index contributed by atoms with van der Waals surface area (Å²) in [6, 6.07) is 0. The molecule has 0 heterocycles. The van der Waals surface area contributed by atoms with Crippen molar-refractivity contribution in [3.05, 3.63) is 109 Å². The van der Waals surface area contributed by atoms with Gasteiger partial charge >= 0.3 is 19.8 Å². The van der Waals surface area contributed by atoms with E-state index in [9.17, 15) is 29.3 Å². The number of carbonyl (C=O) groups excluding carboxylic acids is 2. The predicted molar refractivity (Wildman–Crippen MR) is 254 cm³/mol. The smallest absolute Gasteiger partial charge is 0.462 e. The maximum atomic E-state index is 12.7. The summed E-state index contributed by atoms with van der Waals surface area (Å²) in [5.74, 6) is -1.09. The normalized spacial score (nSPS) is 15.5. The molecule has 0 radical (unpaired) electrons. The van der Waals surface area contributed by atoms with Crippen LogP contribution in [0, 0.1) is 0 Å². The van der Waals surface area contributed by atoms with Crippen molar-refractivity contribution in [2.24, 2.45) is 0 Å². The van der Waals surface area contributed by atoms with Crippen LogP contribution in [0.1, 0.15) is 129 Å². The summed E-state index contributed by atoms with van der Waals surface area (Å²) in [7, 11) is 1.30. The Labute approximate surface area is 375 Å². The van der Waals surface area contributed by atoms with Crippen molar-refractivity contribution in [2.45, 2.75) is 148 Å². The first-order chi connectivity index (χ1) is 29.8. The number of aliphatic hydroxyl groups excluding tert-OH is 2. The second kappa shape index (κ2) is 40.4. The van der Waals surface area contributed by atoms with E-state index in [4.69, 9.17) is 18.5 Å². The number of esters is 2. The number of likely N-dealkylation sites (N-methyl/N-ethyl adjacent to an activating group) is 1. The topological polar surface area (TPSA) is 149 Å². The lowest BCUT2D eigenvalue weighted by Gasteiger charge is -2.24. The first-order valence-corrected chi connectivity index (χ1v) is 24.3. The Hall–Kier alpha value is -3.41. The van der Waals surface area contributed by atoms with Gasteiger partial charge in [0, 0.05) is 12.8 Å². The van der Waals surface area contributed by atoms with Crippen LogP contribution < -0.4 is 0 Å². The number of ether oxygens (including phenoxy) is 2. The molecule has 0 rings (SSSR count). The number of carbonyl (C=O) groups is 2. The van der Waals surface area contributed by atoms with Crippen LogP contribution in [0.15, 0.2) is 109 Å². The molecule has 3 N–H and O–H groups in total. The third kappa shape index (κ3) is 43.2. The SMILES string of the molecule is CC/C=C\C/C=C\C/C=C\C/C=C\C/C=C\CCCCCC(=O)O[C@H](COC(=O)CCC[C@H](O)\C=C/C=C/C=C/[C@H](O)C/C=C\CCCCC)COP(=O)(O)OCC[N+](C)(C)C. The van der Waals surface area contributed by atoms with E-state index in [1.54, 1.807) is 36.5 Å². The molecule has 1 unspecified atom stereocenters. The maximum absolute atomic E-state index is 12.7. The van der Waals surface area contributed by atoms with E-state index < -0.39 is 44.7 Å². The molecule has 0 aromatic carbocycles. The third-order valence-corrected chi connectivity index (χ3v) is 9.96. The Morgan fingerprint density at radius 1 is 0.613 bits per heavy atom. The van der Waals surface area contributed by atoms with E-state index in [0.29, 0.717) is 36.7 Å². The van der Waals surface area contributed by atoms with Crippen LogP contribution in [0.5, 0.6) is 0 Å². The molecule has 0 bridgehead atoms. The first-order valence-electron chi connectivity index (χ1n) is 22.8. The standard InChI is InChI=1S/C50H82NO10P/c1-6-8-10-12-14-15-16-17-18-19-20-21-22-23-24-25-26-28-34-40-50(55)61-48(45-60-62(56,57)59-43-42-51(3,4)5)44-58-49(54)41-35-39-47(53)38-33-30-29-32-37-46(52)36-31-27-13-11-9-7-2/h8,10,14-15,17-18,20-21,23-24,27,29-33,37-38,46-48,52-53H,6-7,9,11-13,16,19,22,25-26,28,34-36,39-45H2,1-5H3/p+1/b10-8-,15-14-,18-17-,21-20-,24-23-,30-29+,31-27-,37-32+,38-33-/t46-,47-,48-/m1/s1. The fraction of sp³-hybridized carbons (Fsp3) is 0.600. The highest BCUT2D eigenvalue weighted by molar-refractivity contribution is 7.47.